The van der Waals surface area contributed by atoms with Crippen molar-refractivity contribution in [3.63, 3.8) is 0 Å². The Morgan fingerprint density at radius 1 is 1.56 bits per heavy atom. The Labute approximate surface area is 110 Å². The fourth-order valence-corrected chi connectivity index (χ4v) is 3.03. The summed E-state index contributed by atoms with van der Waals surface area (Å²) in [4.78, 5) is 21.0. The topological polar surface area (TPSA) is 66.3 Å². The third-order valence-electron chi connectivity index (χ3n) is 2.85. The number of hydrogen-bond acceptors (Lipinski definition) is 5. The van der Waals surface area contributed by atoms with Gasteiger partial charge in [-0.1, -0.05) is 0 Å². The van der Waals surface area contributed by atoms with Crippen molar-refractivity contribution in [1.29, 1.82) is 0 Å². The summed E-state index contributed by atoms with van der Waals surface area (Å²) in [5, 5.41) is 8.52. The molecular formula is C12H15N3O2S. The zero-order valence-corrected chi connectivity index (χ0v) is 10.9. The molecule has 6 heteroatoms. The first-order valence-corrected chi connectivity index (χ1v) is 6.86. The van der Waals surface area contributed by atoms with Gasteiger partial charge in [0.05, 0.1) is 0 Å². The molecule has 1 atom stereocenters. The summed E-state index contributed by atoms with van der Waals surface area (Å²) in [6, 6.07) is 0.496. The predicted octanol–water partition coefficient (Wildman–Crippen LogP) is 1.52. The van der Waals surface area contributed by atoms with E-state index in [1.807, 2.05) is 18.8 Å². The van der Waals surface area contributed by atoms with Crippen LogP contribution >= 0.6 is 11.8 Å². The number of carboxylic acids is 1. The number of aromatic nitrogens is 2. The van der Waals surface area contributed by atoms with Gasteiger partial charge in [0, 0.05) is 42.9 Å². The zero-order chi connectivity index (χ0) is 13.0. The van der Waals surface area contributed by atoms with Gasteiger partial charge in [0.1, 0.15) is 0 Å². The highest BCUT2D eigenvalue weighted by Crippen LogP contribution is 2.23. The maximum Gasteiger partial charge on any atom is 0.328 e. The summed E-state index contributed by atoms with van der Waals surface area (Å²) in [5.74, 6) is 2.02. The van der Waals surface area contributed by atoms with Gasteiger partial charge >= 0.3 is 5.97 Å². The van der Waals surface area contributed by atoms with Crippen LogP contribution in [0.25, 0.3) is 6.08 Å². The van der Waals surface area contributed by atoms with Crippen LogP contribution in [0.5, 0.6) is 0 Å². The molecule has 96 valence electrons. The molecule has 1 fully saturated rings. The molecule has 0 spiro atoms. The Kier molecular flexibility index (Phi) is 4.19. The van der Waals surface area contributed by atoms with Crippen LogP contribution in [0.3, 0.4) is 0 Å². The number of anilines is 1. The summed E-state index contributed by atoms with van der Waals surface area (Å²) in [7, 11) is 2.00. The van der Waals surface area contributed by atoms with Gasteiger partial charge in [0.2, 0.25) is 5.95 Å². The highest BCUT2D eigenvalue weighted by molar-refractivity contribution is 7.99. The first-order valence-electron chi connectivity index (χ1n) is 5.70. The standard InChI is InChI=1S/C12H15N3O2S/c1-15(10-4-5-18-8-10)12-13-6-9(7-14-12)2-3-11(16)17/h2-3,6-7,10H,4-5,8H2,1H3,(H,16,17)/b3-2+. The van der Waals surface area contributed by atoms with Crippen LogP contribution in [0.15, 0.2) is 18.5 Å². The number of thioether (sulfide) groups is 1. The molecule has 0 aromatic carbocycles. The van der Waals surface area contributed by atoms with Crippen molar-refractivity contribution in [2.75, 3.05) is 23.5 Å². The summed E-state index contributed by atoms with van der Waals surface area (Å²) in [6.45, 7) is 0. The van der Waals surface area contributed by atoms with E-state index in [9.17, 15) is 4.79 Å². The molecule has 1 aromatic rings. The highest BCUT2D eigenvalue weighted by Gasteiger charge is 2.21. The first-order chi connectivity index (χ1) is 8.66. The Bertz CT molecular complexity index is 441. The van der Waals surface area contributed by atoms with Gasteiger partial charge in [-0.3, -0.25) is 0 Å². The largest absolute Gasteiger partial charge is 0.478 e. The monoisotopic (exact) mass is 265 g/mol. The van der Waals surface area contributed by atoms with Crippen LogP contribution in [0.4, 0.5) is 5.95 Å². The molecule has 18 heavy (non-hydrogen) atoms. The van der Waals surface area contributed by atoms with E-state index < -0.39 is 5.97 Å². The molecule has 1 aliphatic heterocycles. The first kappa shape index (κ1) is 12.9. The zero-order valence-electron chi connectivity index (χ0n) is 10.1. The molecule has 0 bridgehead atoms. The van der Waals surface area contributed by atoms with E-state index in [1.165, 1.54) is 11.8 Å². The third-order valence-corrected chi connectivity index (χ3v) is 3.99. The van der Waals surface area contributed by atoms with Crippen molar-refractivity contribution < 1.29 is 9.90 Å². The van der Waals surface area contributed by atoms with Crippen molar-refractivity contribution in [2.45, 2.75) is 12.5 Å². The lowest BCUT2D eigenvalue weighted by Gasteiger charge is -2.23. The van der Waals surface area contributed by atoms with Crippen molar-refractivity contribution in [3.05, 3.63) is 24.0 Å². The molecule has 1 N–H and O–H groups in total. The lowest BCUT2D eigenvalue weighted by Crippen LogP contribution is -2.32. The summed E-state index contributed by atoms with van der Waals surface area (Å²) in [5.41, 5.74) is 0.690. The molecule has 0 saturated carbocycles. The van der Waals surface area contributed by atoms with E-state index in [0.717, 1.165) is 18.2 Å². The number of rotatable bonds is 4. The number of hydrogen-bond donors (Lipinski definition) is 1. The molecule has 5 nitrogen and oxygen atoms in total. The van der Waals surface area contributed by atoms with E-state index in [1.54, 1.807) is 12.4 Å². The van der Waals surface area contributed by atoms with Gasteiger partial charge in [-0.25, -0.2) is 14.8 Å². The predicted molar refractivity (Wildman–Crippen MR) is 72.8 cm³/mol. The van der Waals surface area contributed by atoms with Crippen molar-refractivity contribution >= 4 is 29.8 Å². The summed E-state index contributed by atoms with van der Waals surface area (Å²) in [6.07, 6.45) is 7.00. The quantitative estimate of drug-likeness (QED) is 0.833. The highest BCUT2D eigenvalue weighted by atomic mass is 32.2. The summed E-state index contributed by atoms with van der Waals surface area (Å²) < 4.78 is 0. The van der Waals surface area contributed by atoms with Crippen molar-refractivity contribution in [1.82, 2.24) is 9.97 Å². The smallest absolute Gasteiger partial charge is 0.328 e. The Morgan fingerprint density at radius 2 is 2.28 bits per heavy atom. The molecular weight excluding hydrogens is 250 g/mol. The number of carbonyl (C=O) groups is 1. The Balaban J connectivity index is 2.04. The van der Waals surface area contributed by atoms with Gasteiger partial charge in [0.25, 0.3) is 0 Å². The third kappa shape index (κ3) is 3.22. The molecule has 1 aromatic heterocycles. The van der Waals surface area contributed by atoms with Crippen LogP contribution in [0.1, 0.15) is 12.0 Å². The number of aliphatic carboxylic acids is 1. The minimum Gasteiger partial charge on any atom is -0.478 e. The van der Waals surface area contributed by atoms with Crippen LogP contribution in [0, 0.1) is 0 Å². The average molecular weight is 265 g/mol. The maximum absolute atomic E-state index is 10.4. The second kappa shape index (κ2) is 5.86. The van der Waals surface area contributed by atoms with Gasteiger partial charge in [0.15, 0.2) is 0 Å². The molecule has 2 heterocycles. The minimum atomic E-state index is -0.973. The fraction of sp³-hybridized carbons (Fsp3) is 0.417. The fourth-order valence-electron chi connectivity index (χ4n) is 1.76. The second-order valence-corrected chi connectivity index (χ2v) is 5.27. The van der Waals surface area contributed by atoms with Crippen LogP contribution < -0.4 is 4.90 Å². The lowest BCUT2D eigenvalue weighted by atomic mass is 10.2. The van der Waals surface area contributed by atoms with Gasteiger partial charge in [-0.05, 0) is 18.2 Å². The van der Waals surface area contributed by atoms with E-state index in [4.69, 9.17) is 5.11 Å². The maximum atomic E-state index is 10.4. The summed E-state index contributed by atoms with van der Waals surface area (Å²) >= 11 is 1.95. The van der Waals surface area contributed by atoms with Crippen molar-refractivity contribution in [2.24, 2.45) is 0 Å². The molecule has 0 amide bonds. The average Bonchev–Trinajstić information content (AvgIpc) is 2.90. The molecule has 0 radical (unpaired) electrons. The molecule has 1 saturated heterocycles. The van der Waals surface area contributed by atoms with Crippen molar-refractivity contribution in [3.8, 4) is 0 Å². The normalized spacial score (nSPS) is 19.3. The minimum absolute atomic E-state index is 0.496. The van der Waals surface area contributed by atoms with Crippen LogP contribution in [0.2, 0.25) is 0 Å². The lowest BCUT2D eigenvalue weighted by molar-refractivity contribution is -0.131. The number of nitrogens with zero attached hydrogens (tertiary/aromatic N) is 3. The van der Waals surface area contributed by atoms with Crippen LogP contribution in [-0.2, 0) is 4.79 Å². The van der Waals surface area contributed by atoms with E-state index >= 15 is 0 Å². The van der Waals surface area contributed by atoms with Gasteiger partial charge in [-0.15, -0.1) is 0 Å². The van der Waals surface area contributed by atoms with E-state index in [-0.39, 0.29) is 0 Å². The van der Waals surface area contributed by atoms with E-state index in [0.29, 0.717) is 17.6 Å². The molecule has 1 aliphatic rings. The second-order valence-electron chi connectivity index (χ2n) is 4.12. The van der Waals surface area contributed by atoms with Gasteiger partial charge < -0.3 is 10.0 Å². The van der Waals surface area contributed by atoms with Crippen LogP contribution in [-0.4, -0.2) is 45.6 Å². The molecule has 2 rings (SSSR count). The molecule has 1 unspecified atom stereocenters. The van der Waals surface area contributed by atoms with E-state index in [2.05, 4.69) is 14.9 Å². The SMILES string of the molecule is CN(c1ncc(/C=C/C(=O)O)cn1)C1CCSC1. The Morgan fingerprint density at radius 3 is 2.83 bits per heavy atom. The number of carboxylic acid groups (broad SMARTS) is 1. The Hall–Kier alpha value is -1.56. The molecule has 0 aliphatic carbocycles. The van der Waals surface area contributed by atoms with Gasteiger partial charge in [-0.2, -0.15) is 11.8 Å².